The smallest absolute Gasteiger partial charge is 0.322 e. The number of nitrogens with zero attached hydrogens (tertiary/aromatic N) is 3. The third kappa shape index (κ3) is 4.35. The summed E-state index contributed by atoms with van der Waals surface area (Å²) in [5.74, 6) is -0.928. The molecule has 1 rings (SSSR count). The molecule has 0 radical (unpaired) electrons. The van der Waals surface area contributed by atoms with E-state index in [1.54, 1.807) is 0 Å². The Hall–Kier alpha value is -1.70. The molecule has 0 unspecified atom stereocenters. The van der Waals surface area contributed by atoms with Gasteiger partial charge in [-0.2, -0.15) is 0 Å². The maximum absolute atomic E-state index is 11.8. The van der Waals surface area contributed by atoms with Gasteiger partial charge in [0.2, 0.25) is 0 Å². The fraction of sp³-hybridized carbons (Fsp3) is 0.556. The van der Waals surface area contributed by atoms with E-state index in [1.165, 1.54) is 11.1 Å². The van der Waals surface area contributed by atoms with Crippen LogP contribution >= 0.6 is 11.5 Å². The van der Waals surface area contributed by atoms with Crippen molar-refractivity contribution in [2.24, 2.45) is 0 Å². The first-order chi connectivity index (χ1) is 8.00. The van der Waals surface area contributed by atoms with Crippen molar-refractivity contribution >= 4 is 28.5 Å². The molecule has 8 heteroatoms. The number of carboxylic acids is 1. The van der Waals surface area contributed by atoms with Crippen molar-refractivity contribution in [1.82, 2.24) is 14.5 Å². The van der Waals surface area contributed by atoms with Gasteiger partial charge in [-0.05, 0) is 13.8 Å². The van der Waals surface area contributed by atoms with Crippen molar-refractivity contribution in [1.29, 1.82) is 0 Å². The zero-order valence-electron chi connectivity index (χ0n) is 9.58. The Morgan fingerprint density at radius 3 is 2.76 bits per heavy atom. The molecule has 0 saturated carbocycles. The highest BCUT2D eigenvalue weighted by Gasteiger charge is 2.18. The Labute approximate surface area is 103 Å². The Morgan fingerprint density at radius 1 is 1.59 bits per heavy atom. The average Bonchev–Trinajstić information content (AvgIpc) is 2.69. The van der Waals surface area contributed by atoms with Gasteiger partial charge in [-0.25, -0.2) is 4.79 Å². The number of anilines is 1. The number of hydrogen-bond acceptors (Lipinski definition) is 5. The summed E-state index contributed by atoms with van der Waals surface area (Å²) in [4.78, 5) is 23.8. The second kappa shape index (κ2) is 6.14. The summed E-state index contributed by atoms with van der Waals surface area (Å²) in [6.07, 6.45) is 1.37. The highest BCUT2D eigenvalue weighted by molar-refractivity contribution is 7.10. The van der Waals surface area contributed by atoms with Crippen molar-refractivity contribution in [3.05, 3.63) is 6.20 Å². The summed E-state index contributed by atoms with van der Waals surface area (Å²) in [5, 5.41) is 15.4. The van der Waals surface area contributed by atoms with Crippen LogP contribution in [-0.4, -0.2) is 44.2 Å². The van der Waals surface area contributed by atoms with Crippen LogP contribution in [-0.2, 0) is 4.79 Å². The second-order valence-corrected chi connectivity index (χ2v) is 4.43. The average molecular weight is 258 g/mol. The van der Waals surface area contributed by atoms with Crippen LogP contribution < -0.4 is 5.32 Å². The van der Waals surface area contributed by atoms with E-state index in [0.29, 0.717) is 5.00 Å². The monoisotopic (exact) mass is 258 g/mol. The second-order valence-electron chi connectivity index (χ2n) is 3.64. The molecule has 0 fully saturated rings. The predicted octanol–water partition coefficient (Wildman–Crippen LogP) is 1.26. The van der Waals surface area contributed by atoms with Gasteiger partial charge in [0.05, 0.1) is 12.6 Å². The molecule has 94 valence electrons. The number of rotatable bonds is 5. The third-order valence-corrected chi connectivity index (χ3v) is 2.62. The Kier molecular flexibility index (Phi) is 4.83. The van der Waals surface area contributed by atoms with E-state index in [4.69, 9.17) is 5.11 Å². The van der Waals surface area contributed by atoms with E-state index in [1.807, 2.05) is 13.8 Å². The predicted molar refractivity (Wildman–Crippen MR) is 63.0 cm³/mol. The first-order valence-corrected chi connectivity index (χ1v) is 5.85. The number of nitrogens with one attached hydrogen (secondary N) is 1. The Morgan fingerprint density at radius 2 is 2.29 bits per heavy atom. The standard InChI is InChI=1S/C9H14N4O3S/c1-6(2)13(4-3-8(14)15)9(16)11-7-5-10-12-17-7/h5-6H,3-4H2,1-2H3,(H,11,16)(H,14,15). The zero-order chi connectivity index (χ0) is 12.8. The van der Waals surface area contributed by atoms with Gasteiger partial charge in [-0.1, -0.05) is 4.49 Å². The molecule has 0 aromatic carbocycles. The fourth-order valence-electron chi connectivity index (χ4n) is 1.21. The van der Waals surface area contributed by atoms with Gasteiger partial charge in [-0.15, -0.1) is 5.10 Å². The summed E-state index contributed by atoms with van der Waals surface area (Å²) < 4.78 is 3.62. The van der Waals surface area contributed by atoms with E-state index in [9.17, 15) is 9.59 Å². The molecule has 0 saturated heterocycles. The third-order valence-electron chi connectivity index (χ3n) is 2.04. The number of urea groups is 1. The van der Waals surface area contributed by atoms with Crippen LogP contribution in [0.1, 0.15) is 20.3 Å². The highest BCUT2D eigenvalue weighted by Crippen LogP contribution is 2.11. The minimum atomic E-state index is -0.928. The Balaban J connectivity index is 2.57. The summed E-state index contributed by atoms with van der Waals surface area (Å²) in [5.41, 5.74) is 0. The minimum Gasteiger partial charge on any atom is -0.481 e. The SMILES string of the molecule is CC(C)N(CCC(=O)O)C(=O)Nc1cnns1. The van der Waals surface area contributed by atoms with Crippen LogP contribution in [0.25, 0.3) is 0 Å². The number of carboxylic acid groups (broad SMARTS) is 1. The van der Waals surface area contributed by atoms with Crippen LogP contribution in [0.15, 0.2) is 6.20 Å². The van der Waals surface area contributed by atoms with Crippen LogP contribution in [0.3, 0.4) is 0 Å². The van der Waals surface area contributed by atoms with Gasteiger partial charge >= 0.3 is 12.0 Å². The van der Waals surface area contributed by atoms with E-state index >= 15 is 0 Å². The molecule has 1 heterocycles. The van der Waals surface area contributed by atoms with Gasteiger partial charge in [0, 0.05) is 24.1 Å². The van der Waals surface area contributed by atoms with Crippen LogP contribution in [0.4, 0.5) is 9.80 Å². The minimum absolute atomic E-state index is 0.0739. The maximum atomic E-state index is 11.8. The first kappa shape index (κ1) is 13.4. The zero-order valence-corrected chi connectivity index (χ0v) is 10.4. The number of amides is 2. The van der Waals surface area contributed by atoms with E-state index in [0.717, 1.165) is 11.5 Å². The molecule has 0 aliphatic heterocycles. The summed E-state index contributed by atoms with van der Waals surface area (Å²) in [6.45, 7) is 3.82. The first-order valence-electron chi connectivity index (χ1n) is 5.07. The number of aromatic nitrogens is 2. The van der Waals surface area contributed by atoms with Crippen molar-refractivity contribution < 1.29 is 14.7 Å². The van der Waals surface area contributed by atoms with Gasteiger partial charge in [-0.3, -0.25) is 10.1 Å². The molecule has 0 spiro atoms. The number of aliphatic carboxylic acids is 1. The summed E-state index contributed by atoms with van der Waals surface area (Å²) >= 11 is 1.07. The van der Waals surface area contributed by atoms with Crippen LogP contribution in [0, 0.1) is 0 Å². The van der Waals surface area contributed by atoms with Gasteiger partial charge in [0.15, 0.2) is 0 Å². The molecule has 2 amide bonds. The maximum Gasteiger partial charge on any atom is 0.322 e. The van der Waals surface area contributed by atoms with E-state index in [2.05, 4.69) is 14.9 Å². The molecule has 2 N–H and O–H groups in total. The summed E-state index contributed by atoms with van der Waals surface area (Å²) in [6, 6.07) is -0.414. The van der Waals surface area contributed by atoms with Crippen LogP contribution in [0.5, 0.6) is 0 Å². The van der Waals surface area contributed by atoms with Crippen molar-refractivity contribution in [2.75, 3.05) is 11.9 Å². The van der Waals surface area contributed by atoms with Gasteiger partial charge < -0.3 is 10.0 Å². The molecule has 0 aliphatic carbocycles. The molecule has 0 atom stereocenters. The van der Waals surface area contributed by atoms with E-state index < -0.39 is 5.97 Å². The number of hydrogen-bond donors (Lipinski definition) is 2. The quantitative estimate of drug-likeness (QED) is 0.828. The lowest BCUT2D eigenvalue weighted by atomic mass is 10.3. The molecule has 0 bridgehead atoms. The van der Waals surface area contributed by atoms with Crippen molar-refractivity contribution in [3.63, 3.8) is 0 Å². The number of carbonyl (C=O) groups is 2. The lowest BCUT2D eigenvalue weighted by Gasteiger charge is -2.25. The van der Waals surface area contributed by atoms with Crippen molar-refractivity contribution in [3.8, 4) is 0 Å². The largest absolute Gasteiger partial charge is 0.481 e. The van der Waals surface area contributed by atoms with E-state index in [-0.39, 0.29) is 25.0 Å². The molecule has 0 aliphatic rings. The van der Waals surface area contributed by atoms with Crippen molar-refractivity contribution in [2.45, 2.75) is 26.3 Å². The number of carbonyl (C=O) groups excluding carboxylic acids is 1. The lowest BCUT2D eigenvalue weighted by Crippen LogP contribution is -2.41. The molecule has 17 heavy (non-hydrogen) atoms. The van der Waals surface area contributed by atoms with Gasteiger partial charge in [0.1, 0.15) is 5.00 Å². The molecule has 1 aromatic rings. The lowest BCUT2D eigenvalue weighted by molar-refractivity contribution is -0.137. The highest BCUT2D eigenvalue weighted by atomic mass is 32.1. The van der Waals surface area contributed by atoms with Crippen LogP contribution in [0.2, 0.25) is 0 Å². The normalized spacial score (nSPS) is 10.3. The molecule has 7 nitrogen and oxygen atoms in total. The Bertz CT molecular complexity index is 380. The topological polar surface area (TPSA) is 95.4 Å². The molecule has 1 aromatic heterocycles. The summed E-state index contributed by atoms with van der Waals surface area (Å²) in [7, 11) is 0. The fourth-order valence-corrected chi connectivity index (χ4v) is 1.62. The molecular formula is C9H14N4O3S. The van der Waals surface area contributed by atoms with Gasteiger partial charge in [0.25, 0.3) is 0 Å². The molecular weight excluding hydrogens is 244 g/mol.